The quantitative estimate of drug-likeness (QED) is 0.495. The van der Waals surface area contributed by atoms with Crippen LogP contribution in [0.25, 0.3) is 11.1 Å². The summed E-state index contributed by atoms with van der Waals surface area (Å²) in [5.41, 5.74) is 2.69. The average molecular weight is 502 g/mol. The van der Waals surface area contributed by atoms with Crippen molar-refractivity contribution < 1.29 is 32.5 Å². The third kappa shape index (κ3) is 6.13. The zero-order chi connectivity index (χ0) is 25.7. The van der Waals surface area contributed by atoms with Gasteiger partial charge in [-0.15, -0.1) is 0 Å². The number of hydrogen-bond donors (Lipinski definition) is 2. The molecule has 0 atom stereocenters. The van der Waals surface area contributed by atoms with Crippen LogP contribution in [-0.2, 0) is 10.9 Å². The first-order chi connectivity index (χ1) is 17.2. The highest BCUT2D eigenvalue weighted by atomic mass is 19.4. The van der Waals surface area contributed by atoms with E-state index in [1.54, 1.807) is 12.1 Å². The van der Waals surface area contributed by atoms with Crippen LogP contribution in [0, 0.1) is 6.92 Å². The van der Waals surface area contributed by atoms with Gasteiger partial charge in [-0.1, -0.05) is 6.07 Å². The maximum absolute atomic E-state index is 13.0. The predicted octanol–water partition coefficient (Wildman–Crippen LogP) is 4.54. The van der Waals surface area contributed by atoms with Crippen LogP contribution in [0.1, 0.15) is 21.6 Å². The Morgan fingerprint density at radius 1 is 1.14 bits per heavy atom. The van der Waals surface area contributed by atoms with Gasteiger partial charge in [-0.25, -0.2) is 0 Å². The molecule has 3 aromatic rings. The number of carbonyl (C=O) groups is 1. The number of hydrogen-bond acceptors (Lipinski definition) is 6. The fraction of sp³-hybridized carbons (Fsp3) is 0.308. The minimum Gasteiger partial charge on any atom is -0.491 e. The molecule has 2 heterocycles. The highest BCUT2D eigenvalue weighted by molar-refractivity contribution is 6.04. The number of aromatic nitrogens is 1. The van der Waals surface area contributed by atoms with Crippen molar-refractivity contribution in [3.63, 3.8) is 0 Å². The summed E-state index contributed by atoms with van der Waals surface area (Å²) in [6.07, 6.45) is -3.68. The number of aryl methyl sites for hydroxylation is 1. The smallest absolute Gasteiger partial charge is 0.433 e. The van der Waals surface area contributed by atoms with Crippen LogP contribution in [0.2, 0.25) is 0 Å². The average Bonchev–Trinajstić information content (AvgIpc) is 2.88. The molecule has 0 bridgehead atoms. The Morgan fingerprint density at radius 2 is 1.92 bits per heavy atom. The van der Waals surface area contributed by atoms with E-state index in [-0.39, 0.29) is 18.8 Å². The lowest BCUT2D eigenvalue weighted by atomic mass is 9.98. The van der Waals surface area contributed by atoms with Crippen molar-refractivity contribution in [2.45, 2.75) is 13.1 Å². The van der Waals surface area contributed by atoms with Gasteiger partial charge < -0.3 is 24.8 Å². The Balaban J connectivity index is 1.64. The van der Waals surface area contributed by atoms with Crippen LogP contribution in [0.5, 0.6) is 5.75 Å². The summed E-state index contributed by atoms with van der Waals surface area (Å²) in [4.78, 5) is 18.2. The van der Waals surface area contributed by atoms with Crippen LogP contribution in [0.4, 0.5) is 24.5 Å². The zero-order valence-electron chi connectivity index (χ0n) is 19.6. The Labute approximate surface area is 206 Å². The van der Waals surface area contributed by atoms with Crippen LogP contribution < -0.4 is 15.0 Å². The van der Waals surface area contributed by atoms with E-state index in [1.807, 2.05) is 31.2 Å². The molecule has 0 spiro atoms. The molecule has 36 heavy (non-hydrogen) atoms. The van der Waals surface area contributed by atoms with Crippen molar-refractivity contribution in [1.82, 2.24) is 4.98 Å². The molecule has 2 aromatic carbocycles. The van der Waals surface area contributed by atoms with Gasteiger partial charge in [-0.2, -0.15) is 13.2 Å². The number of morpholine rings is 1. The molecule has 1 amide bonds. The molecule has 0 unspecified atom stereocenters. The van der Waals surface area contributed by atoms with Gasteiger partial charge in [-0.3, -0.25) is 9.78 Å². The number of ether oxygens (including phenoxy) is 2. The number of aliphatic hydroxyl groups is 1. The first kappa shape index (κ1) is 25.5. The van der Waals surface area contributed by atoms with Crippen molar-refractivity contribution in [2.24, 2.45) is 0 Å². The second kappa shape index (κ2) is 11.0. The molecule has 4 rings (SSSR count). The van der Waals surface area contributed by atoms with Crippen LogP contribution >= 0.6 is 0 Å². The van der Waals surface area contributed by atoms with Gasteiger partial charge in [0.1, 0.15) is 18.1 Å². The molecule has 1 aromatic heterocycles. The third-order valence-electron chi connectivity index (χ3n) is 5.75. The molecule has 2 N–H and O–H groups in total. The first-order valence-electron chi connectivity index (χ1n) is 11.4. The van der Waals surface area contributed by atoms with E-state index in [1.165, 1.54) is 6.07 Å². The third-order valence-corrected chi connectivity index (χ3v) is 5.75. The molecule has 190 valence electrons. The highest BCUT2D eigenvalue weighted by Crippen LogP contribution is 2.34. The van der Waals surface area contributed by atoms with Crippen molar-refractivity contribution in [3.8, 4) is 16.9 Å². The first-order valence-corrected chi connectivity index (χ1v) is 11.4. The van der Waals surface area contributed by atoms with Crippen LogP contribution in [0.15, 0.2) is 54.7 Å². The van der Waals surface area contributed by atoms with Gasteiger partial charge >= 0.3 is 6.18 Å². The summed E-state index contributed by atoms with van der Waals surface area (Å²) < 4.78 is 50.1. The molecule has 1 fully saturated rings. The Hall–Kier alpha value is -3.63. The summed E-state index contributed by atoms with van der Waals surface area (Å²) in [6, 6.07) is 13.0. The van der Waals surface area contributed by atoms with Crippen LogP contribution in [0.3, 0.4) is 0 Å². The van der Waals surface area contributed by atoms with Crippen molar-refractivity contribution >= 4 is 17.3 Å². The second-order valence-corrected chi connectivity index (χ2v) is 8.30. The second-order valence-electron chi connectivity index (χ2n) is 8.30. The van der Waals surface area contributed by atoms with Crippen molar-refractivity contribution in [3.05, 3.63) is 71.5 Å². The molecular weight excluding hydrogens is 475 g/mol. The highest BCUT2D eigenvalue weighted by Gasteiger charge is 2.33. The molecule has 0 aliphatic carbocycles. The van der Waals surface area contributed by atoms with Crippen LogP contribution in [-0.4, -0.2) is 55.5 Å². The normalized spacial score (nSPS) is 14.0. The largest absolute Gasteiger partial charge is 0.491 e. The number of alkyl halides is 3. The Morgan fingerprint density at radius 3 is 2.64 bits per heavy atom. The number of pyridine rings is 1. The lowest BCUT2D eigenvalue weighted by Gasteiger charge is -2.29. The minimum atomic E-state index is -4.64. The summed E-state index contributed by atoms with van der Waals surface area (Å²) >= 11 is 0. The summed E-state index contributed by atoms with van der Waals surface area (Å²) in [5, 5.41) is 11.9. The molecule has 1 saturated heterocycles. The molecular formula is C26H26F3N3O4. The zero-order valence-corrected chi connectivity index (χ0v) is 19.6. The van der Waals surface area contributed by atoms with E-state index in [2.05, 4.69) is 15.2 Å². The van der Waals surface area contributed by atoms with Gasteiger partial charge in [-0.05, 0) is 60.0 Å². The maximum atomic E-state index is 13.0. The van der Waals surface area contributed by atoms with Gasteiger partial charge in [0.2, 0.25) is 0 Å². The molecule has 0 radical (unpaired) electrons. The number of nitrogens with zero attached hydrogens (tertiary/aromatic N) is 2. The summed E-state index contributed by atoms with van der Waals surface area (Å²) in [5.74, 6) is -0.0833. The SMILES string of the molecule is Cc1ccc(NC(=O)c2ccnc(C(F)(F)F)c2)cc1-c1cc(OCCO)cc(N2CCOCC2)c1. The van der Waals surface area contributed by atoms with E-state index in [0.717, 1.165) is 47.7 Å². The maximum Gasteiger partial charge on any atom is 0.433 e. The van der Waals surface area contributed by atoms with Gasteiger partial charge in [0.05, 0.1) is 19.8 Å². The number of carbonyl (C=O) groups excluding carboxylic acids is 1. The number of anilines is 2. The number of amides is 1. The lowest BCUT2D eigenvalue weighted by Crippen LogP contribution is -2.36. The Bertz CT molecular complexity index is 1230. The van der Waals surface area contributed by atoms with Gasteiger partial charge in [0.15, 0.2) is 0 Å². The van der Waals surface area contributed by atoms with E-state index in [0.29, 0.717) is 24.7 Å². The fourth-order valence-electron chi connectivity index (χ4n) is 3.93. The number of nitrogens with one attached hydrogen (secondary N) is 1. The Kier molecular flexibility index (Phi) is 7.76. The van der Waals surface area contributed by atoms with Crippen molar-refractivity contribution in [2.75, 3.05) is 49.7 Å². The van der Waals surface area contributed by atoms with E-state index >= 15 is 0 Å². The molecule has 10 heteroatoms. The molecule has 0 saturated carbocycles. The summed E-state index contributed by atoms with van der Waals surface area (Å²) in [6.45, 7) is 4.63. The number of benzene rings is 2. The summed E-state index contributed by atoms with van der Waals surface area (Å²) in [7, 11) is 0. The number of aliphatic hydroxyl groups excluding tert-OH is 1. The van der Waals surface area contributed by atoms with E-state index < -0.39 is 17.8 Å². The standard InChI is InChI=1S/C26H26F3N3O4/c1-17-2-3-20(31-25(34)18-4-5-30-24(14-18)26(27,28)29)15-23(17)19-12-21(32-6-9-35-10-7-32)16-22(13-19)36-11-8-33/h2-5,12-16,33H,6-11H2,1H3,(H,31,34). The molecule has 1 aliphatic heterocycles. The van der Waals surface area contributed by atoms with E-state index in [9.17, 15) is 23.1 Å². The van der Waals surface area contributed by atoms with Gasteiger partial charge in [0, 0.05) is 42.3 Å². The van der Waals surface area contributed by atoms with Gasteiger partial charge in [0.25, 0.3) is 5.91 Å². The monoisotopic (exact) mass is 501 g/mol. The molecule has 1 aliphatic rings. The predicted molar refractivity (Wildman–Crippen MR) is 129 cm³/mol. The van der Waals surface area contributed by atoms with Crippen molar-refractivity contribution in [1.29, 1.82) is 0 Å². The lowest BCUT2D eigenvalue weighted by molar-refractivity contribution is -0.141. The minimum absolute atomic E-state index is 0.122. The number of halogens is 3. The molecule has 7 nitrogen and oxygen atoms in total. The fourth-order valence-corrected chi connectivity index (χ4v) is 3.93. The number of rotatable bonds is 7. The van der Waals surface area contributed by atoms with E-state index in [4.69, 9.17) is 9.47 Å². The topological polar surface area (TPSA) is 83.9 Å².